The molecule has 3 nitrogen and oxygen atoms in total. The van der Waals surface area contributed by atoms with Crippen molar-refractivity contribution < 1.29 is 4.74 Å². The Morgan fingerprint density at radius 2 is 2.27 bits per heavy atom. The van der Waals surface area contributed by atoms with Gasteiger partial charge in [-0.3, -0.25) is 4.90 Å². The summed E-state index contributed by atoms with van der Waals surface area (Å²) in [6.07, 6.45) is 5.16. The predicted octanol–water partition coefficient (Wildman–Crippen LogP) is 1.22. The van der Waals surface area contributed by atoms with Gasteiger partial charge in [0.15, 0.2) is 0 Å². The first-order chi connectivity index (χ1) is 7.35. The molecular weight excluding hydrogens is 188 g/mol. The van der Waals surface area contributed by atoms with Gasteiger partial charge in [0.1, 0.15) is 0 Å². The summed E-state index contributed by atoms with van der Waals surface area (Å²) in [5.74, 6) is 0.900. The van der Waals surface area contributed by atoms with Crippen LogP contribution in [0, 0.1) is 5.92 Å². The van der Waals surface area contributed by atoms with Gasteiger partial charge in [0.2, 0.25) is 0 Å². The Bertz CT molecular complexity index is 192. The fourth-order valence-electron chi connectivity index (χ4n) is 3.02. The van der Waals surface area contributed by atoms with Crippen LogP contribution in [0.4, 0.5) is 0 Å². The first-order valence-electron chi connectivity index (χ1n) is 6.38. The molecule has 2 fully saturated rings. The highest BCUT2D eigenvalue weighted by molar-refractivity contribution is 4.87. The minimum atomic E-state index is 0.607. The third-order valence-electron chi connectivity index (χ3n) is 4.09. The molecule has 3 atom stereocenters. The fourth-order valence-corrected chi connectivity index (χ4v) is 3.02. The van der Waals surface area contributed by atoms with Gasteiger partial charge in [0.05, 0.1) is 6.61 Å². The average Bonchev–Trinajstić information content (AvgIpc) is 2.81. The monoisotopic (exact) mass is 212 g/mol. The number of nitrogens with two attached hydrogens (primary N) is 1. The van der Waals surface area contributed by atoms with Gasteiger partial charge in [-0.1, -0.05) is 13.3 Å². The molecule has 0 amide bonds. The van der Waals surface area contributed by atoms with Crippen molar-refractivity contribution in [2.75, 3.05) is 26.3 Å². The van der Waals surface area contributed by atoms with E-state index in [-0.39, 0.29) is 0 Å². The quantitative estimate of drug-likeness (QED) is 0.764. The van der Waals surface area contributed by atoms with E-state index >= 15 is 0 Å². The van der Waals surface area contributed by atoms with Crippen molar-refractivity contribution in [3.05, 3.63) is 0 Å². The molecular formula is C12H24N2O. The van der Waals surface area contributed by atoms with Crippen LogP contribution in [0.2, 0.25) is 0 Å². The number of nitrogens with zero attached hydrogens (tertiary/aromatic N) is 1. The van der Waals surface area contributed by atoms with Gasteiger partial charge in [-0.05, 0) is 31.7 Å². The van der Waals surface area contributed by atoms with Crippen LogP contribution in [0.5, 0.6) is 0 Å². The standard InChI is InChI=1S/C12H24N2O/c1-2-10-3-5-14(12(7-10)8-13)11-4-6-15-9-11/h10-12H,2-9,13H2,1H3. The van der Waals surface area contributed by atoms with Crippen LogP contribution in [0.25, 0.3) is 0 Å². The third-order valence-corrected chi connectivity index (χ3v) is 4.09. The van der Waals surface area contributed by atoms with E-state index in [1.165, 1.54) is 32.2 Å². The Morgan fingerprint density at radius 3 is 2.87 bits per heavy atom. The van der Waals surface area contributed by atoms with Crippen molar-refractivity contribution >= 4 is 0 Å². The van der Waals surface area contributed by atoms with Gasteiger partial charge in [0.25, 0.3) is 0 Å². The highest BCUT2D eigenvalue weighted by Gasteiger charge is 2.33. The molecule has 0 radical (unpaired) electrons. The fraction of sp³-hybridized carbons (Fsp3) is 1.00. The van der Waals surface area contributed by atoms with E-state index in [1.54, 1.807) is 0 Å². The Hall–Kier alpha value is -0.120. The molecule has 2 aliphatic rings. The first-order valence-corrected chi connectivity index (χ1v) is 6.38. The molecule has 2 N–H and O–H groups in total. The van der Waals surface area contributed by atoms with Crippen LogP contribution in [0.3, 0.4) is 0 Å². The molecule has 0 saturated carbocycles. The van der Waals surface area contributed by atoms with Gasteiger partial charge >= 0.3 is 0 Å². The zero-order chi connectivity index (χ0) is 10.7. The maximum Gasteiger partial charge on any atom is 0.0622 e. The number of ether oxygens (including phenoxy) is 1. The minimum absolute atomic E-state index is 0.607. The topological polar surface area (TPSA) is 38.5 Å². The summed E-state index contributed by atoms with van der Waals surface area (Å²) < 4.78 is 5.47. The highest BCUT2D eigenvalue weighted by atomic mass is 16.5. The van der Waals surface area contributed by atoms with Gasteiger partial charge in [-0.15, -0.1) is 0 Å². The van der Waals surface area contributed by atoms with Crippen LogP contribution in [0.15, 0.2) is 0 Å². The normalized spacial score (nSPS) is 38.4. The summed E-state index contributed by atoms with van der Waals surface area (Å²) >= 11 is 0. The molecule has 2 heterocycles. The zero-order valence-electron chi connectivity index (χ0n) is 9.82. The second-order valence-corrected chi connectivity index (χ2v) is 4.94. The van der Waals surface area contributed by atoms with Crippen LogP contribution in [-0.4, -0.2) is 43.3 Å². The van der Waals surface area contributed by atoms with E-state index in [4.69, 9.17) is 10.5 Å². The summed E-state index contributed by atoms with van der Waals surface area (Å²) in [5.41, 5.74) is 5.90. The molecule has 2 saturated heterocycles. The minimum Gasteiger partial charge on any atom is -0.380 e. The Morgan fingerprint density at radius 1 is 1.40 bits per heavy atom. The number of likely N-dealkylation sites (tertiary alicyclic amines) is 1. The molecule has 0 aromatic carbocycles. The van der Waals surface area contributed by atoms with Crippen molar-refractivity contribution in [3.63, 3.8) is 0 Å². The van der Waals surface area contributed by atoms with E-state index < -0.39 is 0 Å². The molecule has 2 aliphatic heterocycles. The smallest absolute Gasteiger partial charge is 0.0622 e. The van der Waals surface area contributed by atoms with Gasteiger partial charge in [-0.25, -0.2) is 0 Å². The lowest BCUT2D eigenvalue weighted by atomic mass is 9.88. The summed E-state index contributed by atoms with van der Waals surface area (Å²) in [6, 6.07) is 1.26. The second-order valence-electron chi connectivity index (χ2n) is 4.94. The molecule has 0 spiro atoms. The first kappa shape index (κ1) is 11.4. The Kier molecular flexibility index (Phi) is 4.00. The van der Waals surface area contributed by atoms with Crippen molar-refractivity contribution in [1.29, 1.82) is 0 Å². The maximum absolute atomic E-state index is 5.90. The molecule has 3 unspecified atom stereocenters. The lowest BCUT2D eigenvalue weighted by Crippen LogP contribution is -2.51. The largest absolute Gasteiger partial charge is 0.380 e. The van der Waals surface area contributed by atoms with E-state index in [2.05, 4.69) is 11.8 Å². The van der Waals surface area contributed by atoms with Crippen molar-refractivity contribution in [2.24, 2.45) is 11.7 Å². The average molecular weight is 212 g/mol. The lowest BCUT2D eigenvalue weighted by molar-refractivity contribution is 0.0612. The van der Waals surface area contributed by atoms with Crippen LogP contribution < -0.4 is 5.73 Å². The molecule has 0 bridgehead atoms. The Balaban J connectivity index is 1.92. The molecule has 3 heteroatoms. The molecule has 0 aromatic rings. The summed E-state index contributed by atoms with van der Waals surface area (Å²) in [4.78, 5) is 2.61. The summed E-state index contributed by atoms with van der Waals surface area (Å²) in [6.45, 7) is 6.21. The summed E-state index contributed by atoms with van der Waals surface area (Å²) in [5, 5.41) is 0. The lowest BCUT2D eigenvalue weighted by Gasteiger charge is -2.41. The highest BCUT2D eigenvalue weighted by Crippen LogP contribution is 2.28. The maximum atomic E-state index is 5.90. The molecule has 0 aromatic heterocycles. The summed E-state index contributed by atoms with van der Waals surface area (Å²) in [7, 11) is 0. The van der Waals surface area contributed by atoms with E-state index in [0.29, 0.717) is 12.1 Å². The molecule has 2 rings (SSSR count). The Labute approximate surface area is 93.0 Å². The van der Waals surface area contributed by atoms with Gasteiger partial charge < -0.3 is 10.5 Å². The van der Waals surface area contributed by atoms with Crippen LogP contribution in [0.1, 0.15) is 32.6 Å². The molecule has 15 heavy (non-hydrogen) atoms. The molecule has 88 valence electrons. The number of piperidine rings is 1. The van der Waals surface area contributed by atoms with Crippen LogP contribution in [-0.2, 0) is 4.74 Å². The number of rotatable bonds is 3. The second kappa shape index (κ2) is 5.28. The zero-order valence-corrected chi connectivity index (χ0v) is 9.82. The molecule has 0 aliphatic carbocycles. The predicted molar refractivity (Wildman–Crippen MR) is 61.8 cm³/mol. The van der Waals surface area contributed by atoms with Crippen molar-refractivity contribution in [3.8, 4) is 0 Å². The van der Waals surface area contributed by atoms with E-state index in [9.17, 15) is 0 Å². The van der Waals surface area contributed by atoms with Gasteiger partial charge in [-0.2, -0.15) is 0 Å². The van der Waals surface area contributed by atoms with Crippen molar-refractivity contribution in [1.82, 2.24) is 4.90 Å². The van der Waals surface area contributed by atoms with E-state index in [1.807, 2.05) is 0 Å². The third kappa shape index (κ3) is 2.52. The van der Waals surface area contributed by atoms with Crippen LogP contribution >= 0.6 is 0 Å². The SMILES string of the molecule is CCC1CCN(C2CCOC2)C(CN)C1. The number of hydrogen-bond donors (Lipinski definition) is 1. The van der Waals surface area contributed by atoms with Gasteiger partial charge in [0, 0.05) is 25.2 Å². The van der Waals surface area contributed by atoms with E-state index in [0.717, 1.165) is 25.7 Å². The number of hydrogen-bond acceptors (Lipinski definition) is 3. The van der Waals surface area contributed by atoms with Crippen molar-refractivity contribution in [2.45, 2.75) is 44.7 Å².